The lowest BCUT2D eigenvalue weighted by Crippen LogP contribution is -2.32. The molecule has 1 aliphatic heterocycles. The summed E-state index contributed by atoms with van der Waals surface area (Å²) in [5.74, 6) is -0.946. The first-order chi connectivity index (χ1) is 16.8. The van der Waals surface area contributed by atoms with Crippen molar-refractivity contribution < 1.29 is 19.4 Å². The van der Waals surface area contributed by atoms with Gasteiger partial charge in [0.15, 0.2) is 0 Å². The Bertz CT molecular complexity index is 1260. The smallest absolute Gasteiger partial charge is 0.295 e. The fraction of sp³-hybridized carbons (Fsp3) is 0.296. The molecular formula is C27H30N4O4. The molecule has 2 aromatic carbocycles. The molecule has 4 rings (SSSR count). The number of amides is 1. The highest BCUT2D eigenvalue weighted by atomic mass is 16.5. The van der Waals surface area contributed by atoms with Crippen LogP contribution in [0.25, 0.3) is 11.4 Å². The Labute approximate surface area is 205 Å². The average molecular weight is 475 g/mol. The van der Waals surface area contributed by atoms with E-state index >= 15 is 0 Å². The monoisotopic (exact) mass is 474 g/mol. The van der Waals surface area contributed by atoms with Crippen LogP contribution >= 0.6 is 0 Å². The van der Waals surface area contributed by atoms with Crippen molar-refractivity contribution in [3.05, 3.63) is 83.2 Å². The minimum absolute atomic E-state index is 0.0591. The van der Waals surface area contributed by atoms with E-state index in [2.05, 4.69) is 5.10 Å². The Morgan fingerprint density at radius 2 is 1.86 bits per heavy atom. The molecule has 0 bridgehead atoms. The third-order valence-electron chi connectivity index (χ3n) is 6.22. The van der Waals surface area contributed by atoms with Crippen LogP contribution in [0, 0.1) is 6.92 Å². The number of hydrogen-bond acceptors (Lipinski definition) is 6. The fourth-order valence-electron chi connectivity index (χ4n) is 4.44. The van der Waals surface area contributed by atoms with Crippen molar-refractivity contribution in [2.24, 2.45) is 0 Å². The number of aromatic nitrogens is 2. The van der Waals surface area contributed by atoms with Gasteiger partial charge in [-0.1, -0.05) is 30.3 Å². The highest BCUT2D eigenvalue weighted by Crippen LogP contribution is 2.40. The van der Waals surface area contributed by atoms with Crippen molar-refractivity contribution in [2.75, 3.05) is 34.3 Å². The molecule has 35 heavy (non-hydrogen) atoms. The third kappa shape index (κ3) is 4.70. The van der Waals surface area contributed by atoms with E-state index in [0.29, 0.717) is 35.5 Å². The molecule has 8 nitrogen and oxygen atoms in total. The normalized spacial score (nSPS) is 17.4. The molecule has 1 fully saturated rings. The molecule has 0 radical (unpaired) electrons. The zero-order valence-electron chi connectivity index (χ0n) is 20.4. The summed E-state index contributed by atoms with van der Waals surface area (Å²) in [5, 5.41) is 15.8. The van der Waals surface area contributed by atoms with Crippen molar-refractivity contribution >= 4 is 17.4 Å². The SMILES string of the molecule is COc1cccc([C@@H]2/C(=C(\O)c3cnn(-c4ccccc4)c3C)C(=O)C(=O)N2CCCN(C)C)c1. The second-order valence-electron chi connectivity index (χ2n) is 8.82. The van der Waals surface area contributed by atoms with E-state index in [1.165, 1.54) is 6.20 Å². The van der Waals surface area contributed by atoms with Gasteiger partial charge >= 0.3 is 0 Å². The number of Topliss-reactive ketones (excluding diaryl/α,β-unsaturated/α-hetero) is 1. The number of carbonyl (C=O) groups is 2. The van der Waals surface area contributed by atoms with Gasteiger partial charge in [0.25, 0.3) is 11.7 Å². The number of likely N-dealkylation sites (tertiary alicyclic amines) is 1. The first-order valence-electron chi connectivity index (χ1n) is 11.5. The standard InChI is InChI=1S/C27H30N4O4/c1-18-22(17-28-31(18)20-11-6-5-7-12-20)25(32)23-24(19-10-8-13-21(16-19)35-4)30(27(34)26(23)33)15-9-14-29(2)3/h5-8,10-13,16-17,24,32H,9,14-15H2,1-4H3/b25-23+/t24-/m1/s1. The summed E-state index contributed by atoms with van der Waals surface area (Å²) < 4.78 is 7.08. The number of ether oxygens (including phenoxy) is 1. The summed E-state index contributed by atoms with van der Waals surface area (Å²) in [6, 6.07) is 16.0. The number of benzene rings is 2. The number of aliphatic hydroxyl groups is 1. The van der Waals surface area contributed by atoms with Crippen LogP contribution in [0.3, 0.4) is 0 Å². The highest BCUT2D eigenvalue weighted by molar-refractivity contribution is 6.46. The molecule has 1 aliphatic rings. The lowest BCUT2D eigenvalue weighted by Gasteiger charge is -2.26. The largest absolute Gasteiger partial charge is 0.507 e. The predicted octanol–water partition coefficient (Wildman–Crippen LogP) is 3.56. The molecule has 0 spiro atoms. The van der Waals surface area contributed by atoms with Gasteiger partial charge < -0.3 is 19.6 Å². The maximum Gasteiger partial charge on any atom is 0.295 e. The van der Waals surface area contributed by atoms with Crippen LogP contribution in [-0.2, 0) is 9.59 Å². The zero-order chi connectivity index (χ0) is 25.1. The molecule has 8 heteroatoms. The zero-order valence-corrected chi connectivity index (χ0v) is 20.4. The van der Waals surface area contributed by atoms with Gasteiger partial charge in [-0.3, -0.25) is 9.59 Å². The Balaban J connectivity index is 1.82. The van der Waals surface area contributed by atoms with Crippen LogP contribution in [0.5, 0.6) is 5.75 Å². The Morgan fingerprint density at radius 1 is 1.11 bits per heavy atom. The third-order valence-corrected chi connectivity index (χ3v) is 6.22. The Kier molecular flexibility index (Phi) is 7.02. The van der Waals surface area contributed by atoms with E-state index in [9.17, 15) is 14.7 Å². The van der Waals surface area contributed by atoms with Crippen LogP contribution in [0.1, 0.15) is 29.3 Å². The van der Waals surface area contributed by atoms with Crippen LogP contribution in [-0.4, -0.2) is 70.7 Å². The van der Waals surface area contributed by atoms with Crippen molar-refractivity contribution in [1.29, 1.82) is 0 Å². The minimum atomic E-state index is -0.730. The summed E-state index contributed by atoms with van der Waals surface area (Å²) >= 11 is 0. The first-order valence-corrected chi connectivity index (χ1v) is 11.5. The quantitative estimate of drug-likeness (QED) is 0.305. The maximum absolute atomic E-state index is 13.3. The average Bonchev–Trinajstić information content (AvgIpc) is 3.36. The lowest BCUT2D eigenvalue weighted by molar-refractivity contribution is -0.139. The summed E-state index contributed by atoms with van der Waals surface area (Å²) in [6.45, 7) is 2.96. The number of nitrogens with zero attached hydrogens (tertiary/aromatic N) is 4. The molecule has 1 aromatic heterocycles. The van der Waals surface area contributed by atoms with Gasteiger partial charge in [-0.15, -0.1) is 0 Å². The topological polar surface area (TPSA) is 87.9 Å². The number of carbonyl (C=O) groups excluding carboxylic acids is 2. The van der Waals surface area contributed by atoms with E-state index < -0.39 is 17.7 Å². The van der Waals surface area contributed by atoms with Crippen molar-refractivity contribution in [3.8, 4) is 11.4 Å². The summed E-state index contributed by atoms with van der Waals surface area (Å²) in [7, 11) is 5.48. The lowest BCUT2D eigenvalue weighted by atomic mass is 9.95. The molecule has 1 atom stereocenters. The molecule has 0 saturated carbocycles. The Hall–Kier alpha value is -3.91. The number of hydrogen-bond donors (Lipinski definition) is 1. The minimum Gasteiger partial charge on any atom is -0.507 e. The molecule has 1 amide bonds. The van der Waals surface area contributed by atoms with Crippen LogP contribution in [0.15, 0.2) is 66.4 Å². The summed E-state index contributed by atoms with van der Waals surface area (Å²) in [6.07, 6.45) is 2.21. The number of para-hydroxylation sites is 1. The second-order valence-corrected chi connectivity index (χ2v) is 8.82. The van der Waals surface area contributed by atoms with Crippen molar-refractivity contribution in [2.45, 2.75) is 19.4 Å². The van der Waals surface area contributed by atoms with Gasteiger partial charge in [0.2, 0.25) is 0 Å². The molecule has 182 valence electrons. The molecule has 0 aliphatic carbocycles. The van der Waals surface area contributed by atoms with Crippen LogP contribution < -0.4 is 4.74 Å². The van der Waals surface area contributed by atoms with Crippen LogP contribution in [0.4, 0.5) is 0 Å². The second kappa shape index (κ2) is 10.1. The van der Waals surface area contributed by atoms with Gasteiger partial charge in [0.05, 0.1) is 41.9 Å². The van der Waals surface area contributed by atoms with E-state index in [1.807, 2.05) is 68.4 Å². The van der Waals surface area contributed by atoms with Gasteiger partial charge in [0.1, 0.15) is 11.5 Å². The van der Waals surface area contributed by atoms with E-state index in [4.69, 9.17) is 4.74 Å². The molecular weight excluding hydrogens is 444 g/mol. The van der Waals surface area contributed by atoms with Crippen LogP contribution in [0.2, 0.25) is 0 Å². The first kappa shape index (κ1) is 24.2. The summed E-state index contributed by atoms with van der Waals surface area (Å²) in [5.41, 5.74) is 2.66. The van der Waals surface area contributed by atoms with E-state index in [0.717, 1.165) is 12.2 Å². The molecule has 2 heterocycles. The van der Waals surface area contributed by atoms with Crippen molar-refractivity contribution in [3.63, 3.8) is 0 Å². The number of methoxy groups -OCH3 is 1. The number of ketones is 1. The fourth-order valence-corrected chi connectivity index (χ4v) is 4.44. The Morgan fingerprint density at radius 3 is 2.54 bits per heavy atom. The highest BCUT2D eigenvalue weighted by Gasteiger charge is 2.46. The molecule has 1 N–H and O–H groups in total. The molecule has 0 unspecified atom stereocenters. The predicted molar refractivity (Wildman–Crippen MR) is 133 cm³/mol. The molecule has 3 aromatic rings. The van der Waals surface area contributed by atoms with Gasteiger partial charge in [-0.2, -0.15) is 5.10 Å². The van der Waals surface area contributed by atoms with Gasteiger partial charge in [0, 0.05) is 6.54 Å². The van der Waals surface area contributed by atoms with Crippen molar-refractivity contribution in [1.82, 2.24) is 19.6 Å². The molecule has 1 saturated heterocycles. The maximum atomic E-state index is 13.3. The van der Waals surface area contributed by atoms with E-state index in [1.54, 1.807) is 28.8 Å². The van der Waals surface area contributed by atoms with Gasteiger partial charge in [-0.25, -0.2) is 4.68 Å². The number of aliphatic hydroxyl groups excluding tert-OH is 1. The number of rotatable bonds is 8. The van der Waals surface area contributed by atoms with E-state index in [-0.39, 0.29) is 11.3 Å². The summed E-state index contributed by atoms with van der Waals surface area (Å²) in [4.78, 5) is 30.0. The van der Waals surface area contributed by atoms with Gasteiger partial charge in [-0.05, 0) is 63.8 Å².